The van der Waals surface area contributed by atoms with Crippen LogP contribution in [0.2, 0.25) is 0 Å². The molecule has 224 valence electrons. The van der Waals surface area contributed by atoms with E-state index in [4.69, 9.17) is 18.9 Å². The van der Waals surface area contributed by atoms with Gasteiger partial charge in [0.1, 0.15) is 18.8 Å². The van der Waals surface area contributed by atoms with Crippen LogP contribution in [0.25, 0.3) is 0 Å². The van der Waals surface area contributed by atoms with Crippen LogP contribution >= 0.6 is 0 Å². The molecule has 0 unspecified atom stereocenters. The molecule has 0 radical (unpaired) electrons. The number of alkyl carbamates (subject to hydrolysis) is 3. The first-order chi connectivity index (χ1) is 19.5. The van der Waals surface area contributed by atoms with E-state index in [0.29, 0.717) is 32.2 Å². The second-order valence-electron chi connectivity index (χ2n) is 10.4. The molecule has 0 saturated carbocycles. The van der Waals surface area contributed by atoms with Crippen LogP contribution in [0.5, 0.6) is 0 Å². The molecule has 41 heavy (non-hydrogen) atoms. The fourth-order valence-corrected chi connectivity index (χ4v) is 3.77. The molecule has 11 nitrogen and oxygen atoms in total. The Balaban J connectivity index is 2.00. The molecule has 0 atom stereocenters. The summed E-state index contributed by atoms with van der Waals surface area (Å²) in [5, 5.41) is 7.69. The van der Waals surface area contributed by atoms with E-state index in [9.17, 15) is 19.2 Å². The van der Waals surface area contributed by atoms with Gasteiger partial charge in [0, 0.05) is 13.0 Å². The highest BCUT2D eigenvalue weighted by Gasteiger charge is 2.43. The van der Waals surface area contributed by atoms with Crippen molar-refractivity contribution in [2.45, 2.75) is 77.4 Å². The summed E-state index contributed by atoms with van der Waals surface area (Å²) in [6.07, 6.45) is 0.149. The number of benzene rings is 2. The maximum Gasteiger partial charge on any atom is 0.409 e. The van der Waals surface area contributed by atoms with Crippen LogP contribution < -0.4 is 16.0 Å². The van der Waals surface area contributed by atoms with Crippen molar-refractivity contribution in [3.63, 3.8) is 0 Å². The number of rotatable bonds is 14. The Morgan fingerprint density at radius 1 is 0.683 bits per heavy atom. The van der Waals surface area contributed by atoms with E-state index in [2.05, 4.69) is 16.0 Å². The van der Waals surface area contributed by atoms with Crippen molar-refractivity contribution < 1.29 is 38.1 Å². The molecule has 3 N–H and O–H groups in total. The van der Waals surface area contributed by atoms with Crippen molar-refractivity contribution in [1.29, 1.82) is 0 Å². The summed E-state index contributed by atoms with van der Waals surface area (Å²) >= 11 is 0. The minimum absolute atomic E-state index is 0.0139. The third kappa shape index (κ3) is 13.1. The lowest BCUT2D eigenvalue weighted by atomic mass is 10.0. The second-order valence-corrected chi connectivity index (χ2v) is 10.4. The summed E-state index contributed by atoms with van der Waals surface area (Å²) in [5.74, 6) is -0.877. The third-order valence-electron chi connectivity index (χ3n) is 5.74. The molecular weight excluding hydrogens is 530 g/mol. The van der Waals surface area contributed by atoms with Crippen LogP contribution in [0.3, 0.4) is 0 Å². The molecule has 0 fully saturated rings. The van der Waals surface area contributed by atoms with Crippen molar-refractivity contribution in [2.75, 3.05) is 13.7 Å². The number of carbonyl (C=O) groups is 4. The number of nitrogens with one attached hydrogen (secondary N) is 3. The molecule has 0 aromatic heterocycles. The summed E-state index contributed by atoms with van der Waals surface area (Å²) in [6, 6.07) is 18.1. The van der Waals surface area contributed by atoms with Gasteiger partial charge < -0.3 is 24.3 Å². The van der Waals surface area contributed by atoms with Crippen molar-refractivity contribution in [3.8, 4) is 0 Å². The van der Waals surface area contributed by atoms with E-state index < -0.39 is 35.5 Å². The van der Waals surface area contributed by atoms with Gasteiger partial charge in [-0.3, -0.25) is 10.6 Å². The zero-order valence-electron chi connectivity index (χ0n) is 24.2. The van der Waals surface area contributed by atoms with E-state index in [-0.39, 0.29) is 19.6 Å². The summed E-state index contributed by atoms with van der Waals surface area (Å²) in [4.78, 5) is 50.3. The molecule has 0 aliphatic rings. The van der Waals surface area contributed by atoms with Gasteiger partial charge in [0.25, 0.3) is 0 Å². The van der Waals surface area contributed by atoms with Crippen LogP contribution in [0.1, 0.15) is 64.0 Å². The number of methoxy groups -OCH3 is 1. The molecule has 0 aliphatic carbocycles. The second kappa shape index (κ2) is 16.7. The number of esters is 1. The molecule has 0 heterocycles. The van der Waals surface area contributed by atoms with Gasteiger partial charge in [0.2, 0.25) is 5.66 Å². The van der Waals surface area contributed by atoms with Crippen LogP contribution in [-0.2, 0) is 37.0 Å². The smallest absolute Gasteiger partial charge is 0.409 e. The number of carbonyl (C=O) groups excluding carboxylic acids is 4. The van der Waals surface area contributed by atoms with Gasteiger partial charge in [0.05, 0.1) is 7.11 Å². The highest BCUT2D eigenvalue weighted by atomic mass is 16.6. The van der Waals surface area contributed by atoms with Gasteiger partial charge >= 0.3 is 24.2 Å². The van der Waals surface area contributed by atoms with Gasteiger partial charge in [-0.05, 0) is 44.7 Å². The quantitative estimate of drug-likeness (QED) is 0.122. The van der Waals surface area contributed by atoms with Crippen LogP contribution in [0.15, 0.2) is 60.7 Å². The third-order valence-corrected chi connectivity index (χ3v) is 5.74. The fraction of sp³-hybridized carbons (Fsp3) is 0.467. The monoisotopic (exact) mass is 571 g/mol. The Labute approximate surface area is 241 Å². The highest BCUT2D eigenvalue weighted by Crippen LogP contribution is 2.17. The molecule has 2 rings (SSSR count). The highest BCUT2D eigenvalue weighted by molar-refractivity contribution is 5.89. The van der Waals surface area contributed by atoms with Crippen LogP contribution in [0.4, 0.5) is 14.4 Å². The Hall–Kier alpha value is -4.28. The SMILES string of the molecule is COC(=O)C(CCCCCCNC(=O)OC(C)(C)C)(NC(=O)OCc1ccccc1)NC(=O)OCc1ccccc1. The molecule has 0 saturated heterocycles. The van der Waals surface area contributed by atoms with Gasteiger partial charge in [-0.25, -0.2) is 19.2 Å². The van der Waals surface area contributed by atoms with Gasteiger partial charge in [-0.2, -0.15) is 0 Å². The predicted octanol–water partition coefficient (Wildman–Crippen LogP) is 5.18. The summed E-state index contributed by atoms with van der Waals surface area (Å²) in [6.45, 7) is 5.72. The minimum Gasteiger partial charge on any atom is -0.466 e. The van der Waals surface area contributed by atoms with Crippen LogP contribution in [0, 0.1) is 0 Å². The molecule has 2 aromatic rings. The van der Waals surface area contributed by atoms with E-state index in [1.54, 1.807) is 45.0 Å². The van der Waals surface area contributed by atoms with E-state index >= 15 is 0 Å². The normalized spacial score (nSPS) is 11.1. The number of ether oxygens (including phenoxy) is 4. The molecule has 3 amide bonds. The number of hydrogen-bond donors (Lipinski definition) is 3. The zero-order chi connectivity index (χ0) is 30.1. The topological polar surface area (TPSA) is 141 Å². The van der Waals surface area contributed by atoms with E-state index in [0.717, 1.165) is 18.2 Å². The van der Waals surface area contributed by atoms with Crippen molar-refractivity contribution >= 4 is 24.2 Å². The Morgan fingerprint density at radius 3 is 1.63 bits per heavy atom. The number of hydrogen-bond acceptors (Lipinski definition) is 8. The van der Waals surface area contributed by atoms with Crippen molar-refractivity contribution in [1.82, 2.24) is 16.0 Å². The predicted molar refractivity (Wildman–Crippen MR) is 152 cm³/mol. The van der Waals surface area contributed by atoms with Crippen LogP contribution in [-0.4, -0.2) is 49.2 Å². The van der Waals surface area contributed by atoms with Gasteiger partial charge in [-0.1, -0.05) is 73.5 Å². The Kier molecular flexibility index (Phi) is 13.4. The molecule has 0 aliphatic heterocycles. The number of amides is 3. The average molecular weight is 572 g/mol. The average Bonchev–Trinajstić information content (AvgIpc) is 2.94. The van der Waals surface area contributed by atoms with Gasteiger partial charge in [0.15, 0.2) is 0 Å². The summed E-state index contributed by atoms with van der Waals surface area (Å²) in [7, 11) is 1.16. The maximum atomic E-state index is 13.0. The lowest BCUT2D eigenvalue weighted by Gasteiger charge is -2.32. The summed E-state index contributed by atoms with van der Waals surface area (Å²) < 4.78 is 20.8. The van der Waals surface area contributed by atoms with E-state index in [1.165, 1.54) is 0 Å². The minimum atomic E-state index is -1.93. The fourth-order valence-electron chi connectivity index (χ4n) is 3.77. The Morgan fingerprint density at radius 2 is 1.17 bits per heavy atom. The lowest BCUT2D eigenvalue weighted by molar-refractivity contribution is -0.150. The summed E-state index contributed by atoms with van der Waals surface area (Å²) in [5.41, 5.74) is -1.00. The van der Waals surface area contributed by atoms with E-state index in [1.807, 2.05) is 36.4 Å². The first-order valence-electron chi connectivity index (χ1n) is 13.6. The first-order valence-corrected chi connectivity index (χ1v) is 13.6. The molecule has 2 aromatic carbocycles. The van der Waals surface area contributed by atoms with Gasteiger partial charge in [-0.15, -0.1) is 0 Å². The Bertz CT molecular complexity index is 1050. The maximum absolute atomic E-state index is 13.0. The molecule has 11 heteroatoms. The van der Waals surface area contributed by atoms with Crippen molar-refractivity contribution in [2.24, 2.45) is 0 Å². The zero-order valence-corrected chi connectivity index (χ0v) is 24.2. The largest absolute Gasteiger partial charge is 0.466 e. The molecular formula is C30H41N3O8. The van der Waals surface area contributed by atoms with Crippen molar-refractivity contribution in [3.05, 3.63) is 71.8 Å². The standard InChI is InChI=1S/C30H41N3O8/c1-29(2,3)41-26(35)31-20-14-6-5-13-19-30(25(34)38-4,32-27(36)39-21-23-15-9-7-10-16-23)33-28(37)40-22-24-17-11-8-12-18-24/h7-12,15-18H,5-6,13-14,19-22H2,1-4H3,(H,31,35)(H,32,36)(H,33,37). The molecule has 0 bridgehead atoms. The molecule has 0 spiro atoms. The first kappa shape index (κ1) is 32.9. The number of unbranched alkanes of at least 4 members (excludes halogenated alkanes) is 3. The lowest BCUT2D eigenvalue weighted by Crippen LogP contribution is -2.66.